The molecule has 0 aliphatic carbocycles. The van der Waals surface area contributed by atoms with Crippen LogP contribution in [0.5, 0.6) is 5.88 Å². The Balaban J connectivity index is 2.65. The molecule has 0 unspecified atom stereocenters. The number of aliphatic hydroxyl groups excluding tert-OH is 1. The van der Waals surface area contributed by atoms with E-state index in [0.717, 1.165) is 0 Å². The Labute approximate surface area is 87.7 Å². The summed E-state index contributed by atoms with van der Waals surface area (Å²) >= 11 is 0. The second-order valence-electron chi connectivity index (χ2n) is 2.93. The van der Waals surface area contributed by atoms with Gasteiger partial charge >= 0.3 is 5.97 Å². The van der Waals surface area contributed by atoms with Crippen molar-refractivity contribution in [2.24, 2.45) is 0 Å². The first-order chi connectivity index (χ1) is 7.17. The first-order valence-electron chi connectivity index (χ1n) is 4.42. The lowest BCUT2D eigenvalue weighted by atomic mass is 10.1. The second-order valence-corrected chi connectivity index (χ2v) is 2.93. The first kappa shape index (κ1) is 11.5. The fraction of sp³-hybridized carbons (Fsp3) is 0.400. The number of carbonyl (C=O) groups excluding carboxylic acids is 1. The number of nitrogens with zero attached hydrogens (tertiary/aromatic N) is 1. The first-order valence-corrected chi connectivity index (χ1v) is 4.42. The summed E-state index contributed by atoms with van der Waals surface area (Å²) in [4.78, 5) is 14.8. The van der Waals surface area contributed by atoms with Gasteiger partial charge in [-0.2, -0.15) is 0 Å². The Morgan fingerprint density at radius 3 is 2.73 bits per heavy atom. The average molecular weight is 211 g/mol. The Hall–Kier alpha value is -1.62. The maximum Gasteiger partial charge on any atom is 0.308 e. The number of hydrogen-bond acceptors (Lipinski definition) is 5. The van der Waals surface area contributed by atoms with Crippen molar-refractivity contribution in [2.75, 3.05) is 14.2 Å². The zero-order chi connectivity index (χ0) is 11.3. The number of rotatable bonds is 4. The highest BCUT2D eigenvalue weighted by Crippen LogP contribution is 2.17. The molecule has 1 atom stereocenters. The Kier molecular flexibility index (Phi) is 4.05. The lowest BCUT2D eigenvalue weighted by Gasteiger charge is -2.09. The van der Waals surface area contributed by atoms with Crippen LogP contribution in [-0.4, -0.2) is 30.3 Å². The predicted molar refractivity (Wildman–Crippen MR) is 52.4 cm³/mol. The summed E-state index contributed by atoms with van der Waals surface area (Å²) in [5, 5.41) is 9.60. The van der Waals surface area contributed by atoms with E-state index in [-0.39, 0.29) is 6.42 Å². The number of hydrogen-bond donors (Lipinski definition) is 1. The SMILES string of the molecule is COC(=O)C[C@@H](O)c1ccc(OC)nc1. The molecular formula is C10H13NO4. The molecule has 1 rings (SSSR count). The molecule has 0 amide bonds. The molecule has 1 N–H and O–H groups in total. The molecule has 0 spiro atoms. The molecule has 15 heavy (non-hydrogen) atoms. The number of methoxy groups -OCH3 is 2. The van der Waals surface area contributed by atoms with Crippen LogP contribution in [0.25, 0.3) is 0 Å². The molecule has 1 aromatic heterocycles. The van der Waals surface area contributed by atoms with Crippen LogP contribution in [0.4, 0.5) is 0 Å². The van der Waals surface area contributed by atoms with E-state index in [1.165, 1.54) is 20.4 Å². The molecule has 0 bridgehead atoms. The normalized spacial score (nSPS) is 11.9. The zero-order valence-electron chi connectivity index (χ0n) is 8.64. The van der Waals surface area contributed by atoms with Crippen LogP contribution >= 0.6 is 0 Å². The van der Waals surface area contributed by atoms with Crippen LogP contribution in [0.1, 0.15) is 18.1 Å². The molecule has 0 saturated heterocycles. The number of carbonyl (C=O) groups is 1. The van der Waals surface area contributed by atoms with E-state index in [1.807, 2.05) is 0 Å². The van der Waals surface area contributed by atoms with Crippen LogP contribution < -0.4 is 4.74 Å². The minimum atomic E-state index is -0.893. The van der Waals surface area contributed by atoms with Gasteiger partial charge in [0.25, 0.3) is 0 Å². The highest BCUT2D eigenvalue weighted by Gasteiger charge is 2.13. The van der Waals surface area contributed by atoms with Gasteiger partial charge in [0.05, 0.1) is 26.7 Å². The Bertz CT molecular complexity index is 323. The van der Waals surface area contributed by atoms with Gasteiger partial charge in [-0.05, 0) is 11.6 Å². The second kappa shape index (κ2) is 5.31. The van der Waals surface area contributed by atoms with Crippen molar-refractivity contribution in [1.29, 1.82) is 0 Å². The molecule has 0 aliphatic rings. The van der Waals surface area contributed by atoms with Crippen LogP contribution in [0.2, 0.25) is 0 Å². The molecule has 0 saturated carbocycles. The minimum absolute atomic E-state index is 0.0789. The van der Waals surface area contributed by atoms with Crippen molar-refractivity contribution in [1.82, 2.24) is 4.98 Å². The third-order valence-electron chi connectivity index (χ3n) is 1.94. The third-order valence-corrected chi connectivity index (χ3v) is 1.94. The fourth-order valence-corrected chi connectivity index (χ4v) is 1.07. The monoisotopic (exact) mass is 211 g/mol. The molecule has 5 heteroatoms. The molecular weight excluding hydrogens is 198 g/mol. The largest absolute Gasteiger partial charge is 0.481 e. The summed E-state index contributed by atoms with van der Waals surface area (Å²) in [5.74, 6) is 0.00216. The van der Waals surface area contributed by atoms with Gasteiger partial charge in [-0.15, -0.1) is 0 Å². The van der Waals surface area contributed by atoms with E-state index in [0.29, 0.717) is 11.4 Å². The maximum atomic E-state index is 10.9. The van der Waals surface area contributed by atoms with Gasteiger partial charge in [0.1, 0.15) is 0 Å². The molecule has 0 aliphatic heterocycles. The molecule has 0 fully saturated rings. The number of pyridine rings is 1. The van der Waals surface area contributed by atoms with Crippen molar-refractivity contribution in [3.63, 3.8) is 0 Å². The van der Waals surface area contributed by atoms with E-state index >= 15 is 0 Å². The molecule has 1 heterocycles. The summed E-state index contributed by atoms with van der Waals surface area (Å²) in [6.07, 6.45) is 0.493. The van der Waals surface area contributed by atoms with E-state index in [9.17, 15) is 9.90 Å². The van der Waals surface area contributed by atoms with E-state index in [1.54, 1.807) is 12.1 Å². The quantitative estimate of drug-likeness (QED) is 0.742. The van der Waals surface area contributed by atoms with E-state index in [2.05, 4.69) is 9.72 Å². The van der Waals surface area contributed by atoms with Gasteiger partial charge in [0, 0.05) is 12.3 Å². The van der Waals surface area contributed by atoms with Crippen LogP contribution in [0.3, 0.4) is 0 Å². The van der Waals surface area contributed by atoms with Crippen LogP contribution in [-0.2, 0) is 9.53 Å². The Morgan fingerprint density at radius 1 is 1.53 bits per heavy atom. The lowest BCUT2D eigenvalue weighted by molar-refractivity contribution is -0.142. The van der Waals surface area contributed by atoms with Gasteiger partial charge in [-0.25, -0.2) is 4.98 Å². The van der Waals surface area contributed by atoms with Gasteiger partial charge in [-0.1, -0.05) is 0 Å². The number of ether oxygens (including phenoxy) is 2. The van der Waals surface area contributed by atoms with Crippen LogP contribution in [0, 0.1) is 0 Å². The molecule has 82 valence electrons. The Morgan fingerprint density at radius 2 is 2.27 bits per heavy atom. The maximum absolute atomic E-state index is 10.9. The summed E-state index contributed by atoms with van der Waals surface area (Å²) in [5.41, 5.74) is 0.557. The number of aliphatic hydroxyl groups is 1. The van der Waals surface area contributed by atoms with Gasteiger partial charge < -0.3 is 14.6 Å². The van der Waals surface area contributed by atoms with Gasteiger partial charge in [-0.3, -0.25) is 4.79 Å². The smallest absolute Gasteiger partial charge is 0.308 e. The molecule has 0 radical (unpaired) electrons. The van der Waals surface area contributed by atoms with Crippen molar-refractivity contribution < 1.29 is 19.4 Å². The van der Waals surface area contributed by atoms with Crippen molar-refractivity contribution in [2.45, 2.75) is 12.5 Å². The molecule has 0 aromatic carbocycles. The fourth-order valence-electron chi connectivity index (χ4n) is 1.07. The average Bonchev–Trinajstić information content (AvgIpc) is 2.29. The summed E-state index contributed by atoms with van der Waals surface area (Å²) in [7, 11) is 2.79. The van der Waals surface area contributed by atoms with Gasteiger partial charge in [0.2, 0.25) is 5.88 Å². The summed E-state index contributed by atoms with van der Waals surface area (Å²) in [6, 6.07) is 3.27. The summed E-state index contributed by atoms with van der Waals surface area (Å²) < 4.78 is 9.31. The summed E-state index contributed by atoms with van der Waals surface area (Å²) in [6.45, 7) is 0. The van der Waals surface area contributed by atoms with E-state index in [4.69, 9.17) is 4.74 Å². The zero-order valence-corrected chi connectivity index (χ0v) is 8.64. The molecule has 5 nitrogen and oxygen atoms in total. The highest BCUT2D eigenvalue weighted by atomic mass is 16.5. The van der Waals surface area contributed by atoms with Crippen molar-refractivity contribution in [3.05, 3.63) is 23.9 Å². The topological polar surface area (TPSA) is 68.7 Å². The minimum Gasteiger partial charge on any atom is -0.481 e. The predicted octanol–water partition coefficient (Wildman–Crippen LogP) is 0.687. The van der Waals surface area contributed by atoms with Gasteiger partial charge in [0.15, 0.2) is 0 Å². The highest BCUT2D eigenvalue weighted by molar-refractivity contribution is 5.70. The number of aromatic nitrogens is 1. The molecule has 1 aromatic rings. The number of esters is 1. The van der Waals surface area contributed by atoms with Crippen molar-refractivity contribution in [3.8, 4) is 5.88 Å². The lowest BCUT2D eigenvalue weighted by Crippen LogP contribution is -2.08. The third kappa shape index (κ3) is 3.21. The standard InChI is InChI=1S/C10H13NO4/c1-14-9-4-3-7(6-11-9)8(12)5-10(13)15-2/h3-4,6,8,12H,5H2,1-2H3/t8-/m1/s1. The van der Waals surface area contributed by atoms with E-state index < -0.39 is 12.1 Å². The van der Waals surface area contributed by atoms with Crippen LogP contribution in [0.15, 0.2) is 18.3 Å². The van der Waals surface area contributed by atoms with Crippen molar-refractivity contribution >= 4 is 5.97 Å².